The Balaban J connectivity index is 1.93. The van der Waals surface area contributed by atoms with E-state index in [1.165, 1.54) is 0 Å². The van der Waals surface area contributed by atoms with Gasteiger partial charge in [0, 0.05) is 28.9 Å². The molecule has 1 aliphatic heterocycles. The van der Waals surface area contributed by atoms with Crippen molar-refractivity contribution in [1.29, 1.82) is 0 Å². The summed E-state index contributed by atoms with van der Waals surface area (Å²) >= 11 is 12.3. The highest BCUT2D eigenvalue weighted by Crippen LogP contribution is 2.30. The van der Waals surface area contributed by atoms with Crippen LogP contribution in [-0.4, -0.2) is 24.4 Å². The fourth-order valence-electron chi connectivity index (χ4n) is 2.27. The van der Waals surface area contributed by atoms with E-state index in [9.17, 15) is 9.59 Å². The minimum Gasteiger partial charge on any atom is -0.354 e. The summed E-state index contributed by atoms with van der Waals surface area (Å²) in [5.74, 6) is -0.240. The minimum atomic E-state index is -0.420. The van der Waals surface area contributed by atoms with Crippen molar-refractivity contribution in [1.82, 2.24) is 10.6 Å². The van der Waals surface area contributed by atoms with Gasteiger partial charge >= 0.3 is 0 Å². The molecule has 0 aliphatic carbocycles. The lowest BCUT2D eigenvalue weighted by Crippen LogP contribution is -2.42. The van der Waals surface area contributed by atoms with E-state index in [0.717, 1.165) is 5.56 Å². The predicted molar refractivity (Wildman–Crippen MR) is 79.1 cm³/mol. The number of benzene rings is 1. The first-order chi connectivity index (χ1) is 9.49. The minimum absolute atomic E-state index is 0.00254. The molecule has 0 unspecified atom stereocenters. The van der Waals surface area contributed by atoms with Crippen LogP contribution < -0.4 is 10.6 Å². The average Bonchev–Trinajstić information content (AvgIpc) is 2.82. The summed E-state index contributed by atoms with van der Waals surface area (Å²) in [6, 6.07) is 4.92. The van der Waals surface area contributed by atoms with Crippen LogP contribution in [0.1, 0.15) is 31.2 Å². The van der Waals surface area contributed by atoms with Gasteiger partial charge in [0.05, 0.1) is 0 Å². The molecule has 4 nitrogen and oxygen atoms in total. The molecule has 1 aromatic carbocycles. The molecule has 0 spiro atoms. The van der Waals surface area contributed by atoms with Crippen LogP contribution in [0.5, 0.6) is 0 Å². The summed E-state index contributed by atoms with van der Waals surface area (Å²) in [6.07, 6.45) is 0.954. The number of halogens is 2. The summed E-state index contributed by atoms with van der Waals surface area (Å²) in [7, 11) is 0. The van der Waals surface area contributed by atoms with Crippen molar-refractivity contribution in [3.63, 3.8) is 0 Å². The first-order valence-electron chi connectivity index (χ1n) is 6.50. The standard InChI is InChI=1S/C14H16Cl2N2O2/c1-8(13-9(15)3-2-4-10(13)16)7-17-14(20)11-5-6-12(19)18-11/h2-4,8,11H,5-7H2,1H3,(H,17,20)(H,18,19)/t8-,11-/m1/s1. The second-order valence-corrected chi connectivity index (χ2v) is 5.75. The fourth-order valence-corrected chi connectivity index (χ4v) is 3.04. The summed E-state index contributed by atoms with van der Waals surface area (Å²) in [4.78, 5) is 23.0. The highest BCUT2D eigenvalue weighted by atomic mass is 35.5. The number of rotatable bonds is 4. The maximum absolute atomic E-state index is 11.9. The van der Waals surface area contributed by atoms with Gasteiger partial charge in [0.2, 0.25) is 11.8 Å². The number of hydrogen-bond acceptors (Lipinski definition) is 2. The first-order valence-corrected chi connectivity index (χ1v) is 7.25. The van der Waals surface area contributed by atoms with Gasteiger partial charge < -0.3 is 10.6 Å². The van der Waals surface area contributed by atoms with Gasteiger partial charge in [-0.1, -0.05) is 36.2 Å². The van der Waals surface area contributed by atoms with E-state index in [-0.39, 0.29) is 17.7 Å². The molecule has 20 heavy (non-hydrogen) atoms. The molecule has 1 aromatic rings. The van der Waals surface area contributed by atoms with Gasteiger partial charge in [-0.05, 0) is 24.1 Å². The highest BCUT2D eigenvalue weighted by Gasteiger charge is 2.27. The van der Waals surface area contributed by atoms with Crippen molar-refractivity contribution >= 4 is 35.0 Å². The largest absolute Gasteiger partial charge is 0.354 e. The lowest BCUT2D eigenvalue weighted by atomic mass is 10.0. The van der Waals surface area contributed by atoms with Gasteiger partial charge in [-0.15, -0.1) is 0 Å². The molecule has 0 radical (unpaired) electrons. The van der Waals surface area contributed by atoms with E-state index < -0.39 is 6.04 Å². The Morgan fingerprint density at radius 2 is 2.10 bits per heavy atom. The normalized spacial score (nSPS) is 19.6. The lowest BCUT2D eigenvalue weighted by molar-refractivity contribution is -0.125. The molecule has 2 rings (SSSR count). The predicted octanol–water partition coefficient (Wildman–Crippen LogP) is 2.49. The van der Waals surface area contributed by atoms with Crippen LogP contribution in [-0.2, 0) is 9.59 Å². The van der Waals surface area contributed by atoms with Gasteiger partial charge in [0.25, 0.3) is 0 Å². The number of nitrogens with one attached hydrogen (secondary N) is 2. The fraction of sp³-hybridized carbons (Fsp3) is 0.429. The van der Waals surface area contributed by atoms with Crippen LogP contribution in [0.25, 0.3) is 0 Å². The van der Waals surface area contributed by atoms with Gasteiger partial charge in [0.1, 0.15) is 6.04 Å². The summed E-state index contributed by atoms with van der Waals surface area (Å²) in [5.41, 5.74) is 0.826. The topological polar surface area (TPSA) is 58.2 Å². The van der Waals surface area contributed by atoms with E-state index in [1.807, 2.05) is 6.92 Å². The maximum atomic E-state index is 11.9. The van der Waals surface area contributed by atoms with Crippen molar-refractivity contribution in [3.8, 4) is 0 Å². The van der Waals surface area contributed by atoms with E-state index in [2.05, 4.69) is 10.6 Å². The second kappa shape index (κ2) is 6.46. The second-order valence-electron chi connectivity index (χ2n) is 4.94. The van der Waals surface area contributed by atoms with Crippen LogP contribution in [0.4, 0.5) is 0 Å². The van der Waals surface area contributed by atoms with Crippen LogP contribution >= 0.6 is 23.2 Å². The monoisotopic (exact) mass is 314 g/mol. The molecular formula is C14H16Cl2N2O2. The number of carbonyl (C=O) groups excluding carboxylic acids is 2. The molecule has 0 bridgehead atoms. The van der Waals surface area contributed by atoms with E-state index in [4.69, 9.17) is 23.2 Å². The van der Waals surface area contributed by atoms with Crippen molar-refractivity contribution in [2.75, 3.05) is 6.54 Å². The summed E-state index contributed by atoms with van der Waals surface area (Å²) in [5, 5.41) is 6.65. The molecule has 1 saturated heterocycles. The Hall–Kier alpha value is -1.26. The van der Waals surface area contributed by atoms with Crippen molar-refractivity contribution in [2.24, 2.45) is 0 Å². The Kier molecular flexibility index (Phi) is 4.89. The number of hydrogen-bond donors (Lipinski definition) is 2. The molecular weight excluding hydrogens is 299 g/mol. The smallest absolute Gasteiger partial charge is 0.242 e. The molecule has 2 atom stereocenters. The van der Waals surface area contributed by atoms with Crippen LogP contribution in [0.2, 0.25) is 10.0 Å². The molecule has 0 aromatic heterocycles. The lowest BCUT2D eigenvalue weighted by Gasteiger charge is -2.17. The molecule has 0 saturated carbocycles. The van der Waals surface area contributed by atoms with Gasteiger partial charge in [0.15, 0.2) is 0 Å². The molecule has 108 valence electrons. The summed E-state index contributed by atoms with van der Waals surface area (Å²) in [6.45, 7) is 2.37. The SMILES string of the molecule is C[C@H](CNC(=O)[C@H]1CCC(=O)N1)c1c(Cl)cccc1Cl. The molecule has 6 heteroatoms. The Labute approximate surface area is 127 Å². The van der Waals surface area contributed by atoms with Crippen LogP contribution in [0.3, 0.4) is 0 Å². The van der Waals surface area contributed by atoms with Crippen LogP contribution in [0, 0.1) is 0 Å². The van der Waals surface area contributed by atoms with Crippen molar-refractivity contribution in [2.45, 2.75) is 31.7 Å². The number of amides is 2. The summed E-state index contributed by atoms with van der Waals surface area (Å²) < 4.78 is 0. The van der Waals surface area contributed by atoms with E-state index >= 15 is 0 Å². The van der Waals surface area contributed by atoms with Gasteiger partial charge in [-0.3, -0.25) is 9.59 Å². The Bertz CT molecular complexity index is 514. The Morgan fingerprint density at radius 3 is 2.65 bits per heavy atom. The highest BCUT2D eigenvalue weighted by molar-refractivity contribution is 6.36. The Morgan fingerprint density at radius 1 is 1.45 bits per heavy atom. The zero-order valence-electron chi connectivity index (χ0n) is 11.1. The van der Waals surface area contributed by atoms with E-state index in [1.54, 1.807) is 18.2 Å². The molecule has 1 aliphatic rings. The van der Waals surface area contributed by atoms with Gasteiger partial charge in [-0.25, -0.2) is 0 Å². The average molecular weight is 315 g/mol. The van der Waals surface area contributed by atoms with Crippen molar-refractivity contribution in [3.05, 3.63) is 33.8 Å². The number of carbonyl (C=O) groups is 2. The van der Waals surface area contributed by atoms with E-state index in [0.29, 0.717) is 29.4 Å². The van der Waals surface area contributed by atoms with Gasteiger partial charge in [-0.2, -0.15) is 0 Å². The molecule has 1 fully saturated rings. The zero-order chi connectivity index (χ0) is 14.7. The third-order valence-corrected chi connectivity index (χ3v) is 4.05. The third-order valence-electron chi connectivity index (χ3n) is 3.39. The quantitative estimate of drug-likeness (QED) is 0.897. The first kappa shape index (κ1) is 15.1. The molecule has 2 amide bonds. The molecule has 2 N–H and O–H groups in total. The third kappa shape index (κ3) is 3.44. The zero-order valence-corrected chi connectivity index (χ0v) is 12.6. The molecule has 1 heterocycles. The van der Waals surface area contributed by atoms with Crippen LogP contribution in [0.15, 0.2) is 18.2 Å². The van der Waals surface area contributed by atoms with Crippen molar-refractivity contribution < 1.29 is 9.59 Å². The maximum Gasteiger partial charge on any atom is 0.242 e.